The van der Waals surface area contributed by atoms with Crippen molar-refractivity contribution in [2.75, 3.05) is 5.32 Å². The minimum atomic E-state index is -0.893. The van der Waals surface area contributed by atoms with Gasteiger partial charge in [-0.2, -0.15) is 0 Å². The summed E-state index contributed by atoms with van der Waals surface area (Å²) >= 11 is 5.90. The summed E-state index contributed by atoms with van der Waals surface area (Å²) in [5.74, 6) is -0.394. The first-order chi connectivity index (χ1) is 9.89. The Labute approximate surface area is 130 Å². The number of rotatable bonds is 5. The first-order valence-electron chi connectivity index (χ1n) is 7.27. The summed E-state index contributed by atoms with van der Waals surface area (Å²) in [6.45, 7) is 5.82. The molecule has 0 saturated heterocycles. The zero-order chi connectivity index (χ0) is 15.6. The molecule has 1 fully saturated rings. The molecule has 0 spiro atoms. The normalized spacial score (nSPS) is 17.0. The lowest BCUT2D eigenvalue weighted by Gasteiger charge is -2.19. The van der Waals surface area contributed by atoms with Crippen molar-refractivity contribution in [1.29, 1.82) is 0 Å². The quantitative estimate of drug-likeness (QED) is 0.820. The van der Waals surface area contributed by atoms with Gasteiger partial charge in [0, 0.05) is 16.8 Å². The van der Waals surface area contributed by atoms with Crippen molar-refractivity contribution in [2.45, 2.75) is 46.1 Å². The number of nitrogens with one attached hydrogen (secondary N) is 2. The predicted molar refractivity (Wildman–Crippen MR) is 84.4 cm³/mol. The van der Waals surface area contributed by atoms with Gasteiger partial charge in [-0.25, -0.2) is 0 Å². The lowest BCUT2D eigenvalue weighted by atomic mass is 10.0. The average molecular weight is 309 g/mol. The van der Waals surface area contributed by atoms with E-state index in [-0.39, 0.29) is 17.9 Å². The SMILES string of the molecule is CCC(C)NC(=O)C1(C(=O)Nc2ccc(Cl)cc2C)CC1. The van der Waals surface area contributed by atoms with E-state index in [1.165, 1.54) is 0 Å². The number of anilines is 1. The Hall–Kier alpha value is -1.55. The number of halogens is 1. The monoisotopic (exact) mass is 308 g/mol. The van der Waals surface area contributed by atoms with Gasteiger partial charge < -0.3 is 10.6 Å². The molecule has 1 aromatic rings. The van der Waals surface area contributed by atoms with Crippen molar-refractivity contribution >= 4 is 29.1 Å². The van der Waals surface area contributed by atoms with Crippen molar-refractivity contribution in [3.05, 3.63) is 28.8 Å². The lowest BCUT2D eigenvalue weighted by Crippen LogP contribution is -2.43. The van der Waals surface area contributed by atoms with E-state index >= 15 is 0 Å². The van der Waals surface area contributed by atoms with Crippen LogP contribution in [0.15, 0.2) is 18.2 Å². The highest BCUT2D eigenvalue weighted by Crippen LogP contribution is 2.47. The zero-order valence-electron chi connectivity index (χ0n) is 12.6. The Balaban J connectivity index is 2.07. The first-order valence-corrected chi connectivity index (χ1v) is 7.65. The number of carbonyl (C=O) groups is 2. The topological polar surface area (TPSA) is 58.2 Å². The molecule has 0 aliphatic heterocycles. The highest BCUT2D eigenvalue weighted by molar-refractivity contribution is 6.30. The van der Waals surface area contributed by atoms with Crippen molar-refractivity contribution in [3.8, 4) is 0 Å². The molecule has 0 heterocycles. The van der Waals surface area contributed by atoms with Gasteiger partial charge in [-0.3, -0.25) is 9.59 Å². The minimum absolute atomic E-state index is 0.0834. The Bertz CT molecular complexity index is 567. The molecular weight excluding hydrogens is 288 g/mol. The molecule has 21 heavy (non-hydrogen) atoms. The average Bonchev–Trinajstić information content (AvgIpc) is 3.23. The van der Waals surface area contributed by atoms with E-state index in [2.05, 4.69) is 10.6 Å². The van der Waals surface area contributed by atoms with E-state index in [0.717, 1.165) is 12.0 Å². The molecule has 1 saturated carbocycles. The highest BCUT2D eigenvalue weighted by Gasteiger charge is 2.56. The molecule has 5 heteroatoms. The zero-order valence-corrected chi connectivity index (χ0v) is 13.4. The first kappa shape index (κ1) is 15.8. The number of benzene rings is 1. The number of hydrogen-bond acceptors (Lipinski definition) is 2. The van der Waals surface area contributed by atoms with Crippen LogP contribution in [-0.4, -0.2) is 17.9 Å². The van der Waals surface area contributed by atoms with Crippen LogP contribution in [0.1, 0.15) is 38.7 Å². The molecule has 1 aliphatic rings. The van der Waals surface area contributed by atoms with Gasteiger partial charge in [-0.15, -0.1) is 0 Å². The summed E-state index contributed by atoms with van der Waals surface area (Å²) in [6, 6.07) is 5.36. The van der Waals surface area contributed by atoms with Crippen LogP contribution < -0.4 is 10.6 Å². The number of aryl methyl sites for hydroxylation is 1. The molecule has 0 bridgehead atoms. The Kier molecular flexibility index (Phi) is 4.57. The Morgan fingerprint density at radius 3 is 2.52 bits per heavy atom. The van der Waals surface area contributed by atoms with E-state index in [0.29, 0.717) is 23.6 Å². The summed E-state index contributed by atoms with van der Waals surface area (Å²) in [4.78, 5) is 24.7. The number of hydrogen-bond donors (Lipinski definition) is 2. The van der Waals surface area contributed by atoms with Crippen LogP contribution in [0, 0.1) is 12.3 Å². The van der Waals surface area contributed by atoms with Gasteiger partial charge in [0.1, 0.15) is 5.41 Å². The maximum atomic E-state index is 12.4. The van der Waals surface area contributed by atoms with E-state index in [1.807, 2.05) is 20.8 Å². The van der Waals surface area contributed by atoms with Crippen LogP contribution in [-0.2, 0) is 9.59 Å². The second-order valence-electron chi connectivity index (χ2n) is 5.78. The molecule has 2 amide bonds. The third-order valence-electron chi connectivity index (χ3n) is 4.05. The van der Waals surface area contributed by atoms with Gasteiger partial charge in [0.15, 0.2) is 0 Å². The summed E-state index contributed by atoms with van der Waals surface area (Å²) < 4.78 is 0. The fourth-order valence-corrected chi connectivity index (χ4v) is 2.38. The van der Waals surface area contributed by atoms with Gasteiger partial charge in [0.2, 0.25) is 11.8 Å². The van der Waals surface area contributed by atoms with Gasteiger partial charge in [-0.05, 0) is 56.9 Å². The van der Waals surface area contributed by atoms with Gasteiger partial charge in [0.05, 0.1) is 0 Å². The minimum Gasteiger partial charge on any atom is -0.353 e. The summed E-state index contributed by atoms with van der Waals surface area (Å²) in [5.41, 5.74) is 0.691. The lowest BCUT2D eigenvalue weighted by molar-refractivity contribution is -0.134. The molecule has 1 unspecified atom stereocenters. The van der Waals surface area contributed by atoms with Crippen LogP contribution in [0.4, 0.5) is 5.69 Å². The van der Waals surface area contributed by atoms with Crippen LogP contribution >= 0.6 is 11.6 Å². The third kappa shape index (κ3) is 3.38. The molecule has 2 N–H and O–H groups in total. The van der Waals surface area contributed by atoms with Crippen LogP contribution in [0.5, 0.6) is 0 Å². The van der Waals surface area contributed by atoms with Crippen molar-refractivity contribution in [1.82, 2.24) is 5.32 Å². The van der Waals surface area contributed by atoms with Crippen LogP contribution in [0.25, 0.3) is 0 Å². The molecule has 1 atom stereocenters. The van der Waals surface area contributed by atoms with E-state index in [1.54, 1.807) is 18.2 Å². The third-order valence-corrected chi connectivity index (χ3v) is 4.28. The molecule has 0 aromatic heterocycles. The predicted octanol–water partition coefficient (Wildman–Crippen LogP) is 3.28. The van der Waals surface area contributed by atoms with E-state index < -0.39 is 5.41 Å². The molecule has 1 aliphatic carbocycles. The van der Waals surface area contributed by atoms with Gasteiger partial charge in [-0.1, -0.05) is 18.5 Å². The van der Waals surface area contributed by atoms with Crippen molar-refractivity contribution < 1.29 is 9.59 Å². The van der Waals surface area contributed by atoms with Crippen molar-refractivity contribution in [2.24, 2.45) is 5.41 Å². The molecule has 4 nitrogen and oxygen atoms in total. The number of carbonyl (C=O) groups excluding carboxylic acids is 2. The van der Waals surface area contributed by atoms with E-state index in [4.69, 9.17) is 11.6 Å². The molecule has 114 valence electrons. The summed E-state index contributed by atoms with van der Waals surface area (Å²) in [7, 11) is 0. The standard InChI is InChI=1S/C16H21ClN2O2/c1-4-11(3)18-14(20)16(7-8-16)15(21)19-13-6-5-12(17)9-10(13)2/h5-6,9,11H,4,7-8H2,1-3H3,(H,18,20)(H,19,21). The fourth-order valence-electron chi connectivity index (χ4n) is 2.16. The smallest absolute Gasteiger partial charge is 0.240 e. The maximum absolute atomic E-state index is 12.4. The molecule has 0 radical (unpaired) electrons. The number of amides is 2. The Morgan fingerprint density at radius 2 is 2.00 bits per heavy atom. The molecule has 1 aromatic carbocycles. The van der Waals surface area contributed by atoms with Gasteiger partial charge in [0.25, 0.3) is 0 Å². The van der Waals surface area contributed by atoms with Crippen LogP contribution in [0.3, 0.4) is 0 Å². The summed E-state index contributed by atoms with van der Waals surface area (Å²) in [6.07, 6.45) is 2.06. The fraction of sp³-hybridized carbons (Fsp3) is 0.500. The maximum Gasteiger partial charge on any atom is 0.240 e. The summed E-state index contributed by atoms with van der Waals surface area (Å²) in [5, 5.41) is 6.38. The van der Waals surface area contributed by atoms with Gasteiger partial charge >= 0.3 is 0 Å². The van der Waals surface area contributed by atoms with E-state index in [9.17, 15) is 9.59 Å². The second-order valence-corrected chi connectivity index (χ2v) is 6.21. The Morgan fingerprint density at radius 1 is 1.33 bits per heavy atom. The van der Waals surface area contributed by atoms with Crippen LogP contribution in [0.2, 0.25) is 5.02 Å². The molecular formula is C16H21ClN2O2. The molecule has 2 rings (SSSR count). The largest absolute Gasteiger partial charge is 0.353 e. The second kappa shape index (κ2) is 6.06. The highest BCUT2D eigenvalue weighted by atomic mass is 35.5. The van der Waals surface area contributed by atoms with Crippen molar-refractivity contribution in [3.63, 3.8) is 0 Å².